The van der Waals surface area contributed by atoms with Crippen molar-refractivity contribution >= 4 is 11.8 Å². The molecule has 19 heavy (non-hydrogen) atoms. The third-order valence-electron chi connectivity index (χ3n) is 3.58. The molecule has 0 aromatic carbocycles. The molecule has 2 rings (SSSR count). The van der Waals surface area contributed by atoms with Gasteiger partial charge in [0.1, 0.15) is 12.1 Å². The molecule has 1 fully saturated rings. The van der Waals surface area contributed by atoms with E-state index in [-0.39, 0.29) is 12.3 Å². The lowest BCUT2D eigenvalue weighted by molar-refractivity contribution is -0.138. The van der Waals surface area contributed by atoms with Crippen LogP contribution < -0.4 is 9.64 Å². The molecule has 1 aliphatic heterocycles. The molecule has 0 unspecified atom stereocenters. The minimum Gasteiger partial charge on any atom is -0.481 e. The van der Waals surface area contributed by atoms with E-state index in [4.69, 9.17) is 9.84 Å². The van der Waals surface area contributed by atoms with Crippen molar-refractivity contribution < 1.29 is 14.6 Å². The van der Waals surface area contributed by atoms with Crippen molar-refractivity contribution in [3.63, 3.8) is 0 Å². The number of nitrogens with zero attached hydrogens (tertiary/aromatic N) is 3. The predicted octanol–water partition coefficient (Wildman–Crippen LogP) is 1.48. The first kappa shape index (κ1) is 13.6. The molecule has 6 nitrogen and oxygen atoms in total. The van der Waals surface area contributed by atoms with Crippen LogP contribution in [0.3, 0.4) is 0 Å². The van der Waals surface area contributed by atoms with Crippen LogP contribution in [-0.2, 0) is 4.79 Å². The van der Waals surface area contributed by atoms with E-state index in [9.17, 15) is 4.79 Å². The van der Waals surface area contributed by atoms with Crippen LogP contribution >= 0.6 is 0 Å². The van der Waals surface area contributed by atoms with E-state index in [0.29, 0.717) is 5.88 Å². The summed E-state index contributed by atoms with van der Waals surface area (Å²) in [4.78, 5) is 21.3. The van der Waals surface area contributed by atoms with E-state index in [0.717, 1.165) is 37.3 Å². The average Bonchev–Trinajstić information content (AvgIpc) is 2.39. The molecule has 0 atom stereocenters. The van der Waals surface area contributed by atoms with E-state index in [2.05, 4.69) is 14.9 Å². The lowest BCUT2D eigenvalue weighted by Gasteiger charge is -2.33. The van der Waals surface area contributed by atoms with Crippen LogP contribution in [0.25, 0.3) is 0 Å². The Kier molecular flexibility index (Phi) is 4.19. The van der Waals surface area contributed by atoms with Gasteiger partial charge in [-0.05, 0) is 25.7 Å². The monoisotopic (exact) mass is 265 g/mol. The lowest BCUT2D eigenvalue weighted by Crippen LogP contribution is -2.35. The van der Waals surface area contributed by atoms with E-state index < -0.39 is 5.97 Å². The summed E-state index contributed by atoms with van der Waals surface area (Å²) in [6.07, 6.45) is 3.54. The molecule has 1 N–H and O–H groups in total. The third-order valence-corrected chi connectivity index (χ3v) is 3.58. The van der Waals surface area contributed by atoms with Gasteiger partial charge in [-0.1, -0.05) is 0 Å². The summed E-state index contributed by atoms with van der Waals surface area (Å²) >= 11 is 0. The zero-order chi connectivity index (χ0) is 13.8. The van der Waals surface area contributed by atoms with Gasteiger partial charge in [0.2, 0.25) is 5.88 Å². The quantitative estimate of drug-likeness (QED) is 0.888. The number of ether oxygens (including phenoxy) is 1. The molecular formula is C13H19N3O3. The van der Waals surface area contributed by atoms with Gasteiger partial charge >= 0.3 is 5.97 Å². The van der Waals surface area contributed by atoms with Crippen LogP contribution in [-0.4, -0.2) is 41.2 Å². The second kappa shape index (κ2) is 5.86. The highest BCUT2D eigenvalue weighted by atomic mass is 16.5. The smallest absolute Gasteiger partial charge is 0.303 e. The molecule has 0 aliphatic carbocycles. The molecule has 0 saturated carbocycles. The molecule has 1 saturated heterocycles. The summed E-state index contributed by atoms with van der Waals surface area (Å²) in [6.45, 7) is 3.61. The summed E-state index contributed by atoms with van der Waals surface area (Å²) < 4.78 is 5.19. The van der Waals surface area contributed by atoms with Crippen molar-refractivity contribution in [2.45, 2.75) is 26.2 Å². The Bertz CT molecular complexity index is 456. The molecule has 0 amide bonds. The first-order chi connectivity index (χ1) is 9.11. The Balaban J connectivity index is 2.03. The Labute approximate surface area is 112 Å². The van der Waals surface area contributed by atoms with Crippen LogP contribution in [0.15, 0.2) is 6.33 Å². The molecule has 1 aromatic heterocycles. The summed E-state index contributed by atoms with van der Waals surface area (Å²) in [5, 5.41) is 8.81. The van der Waals surface area contributed by atoms with Gasteiger partial charge < -0.3 is 14.7 Å². The highest BCUT2D eigenvalue weighted by Crippen LogP contribution is 2.28. The summed E-state index contributed by atoms with van der Waals surface area (Å²) in [6, 6.07) is 0. The predicted molar refractivity (Wildman–Crippen MR) is 70.5 cm³/mol. The number of carboxylic acids is 1. The van der Waals surface area contributed by atoms with Crippen molar-refractivity contribution in [1.82, 2.24) is 9.97 Å². The second-order valence-electron chi connectivity index (χ2n) is 4.86. The van der Waals surface area contributed by atoms with Gasteiger partial charge in [-0.3, -0.25) is 4.79 Å². The van der Waals surface area contributed by atoms with Crippen LogP contribution in [0.5, 0.6) is 5.88 Å². The number of hydrogen-bond acceptors (Lipinski definition) is 5. The van der Waals surface area contributed by atoms with Crippen molar-refractivity contribution in [1.29, 1.82) is 0 Å². The Morgan fingerprint density at radius 3 is 2.74 bits per heavy atom. The normalized spacial score (nSPS) is 16.4. The van der Waals surface area contributed by atoms with Crippen LogP contribution in [0, 0.1) is 12.8 Å². The minimum atomic E-state index is -0.710. The molecule has 104 valence electrons. The summed E-state index contributed by atoms with van der Waals surface area (Å²) in [5.41, 5.74) is 0.932. The number of hydrogen-bond donors (Lipinski definition) is 1. The lowest BCUT2D eigenvalue weighted by atomic mass is 9.93. The van der Waals surface area contributed by atoms with Gasteiger partial charge in [0, 0.05) is 19.5 Å². The van der Waals surface area contributed by atoms with Crippen LogP contribution in [0.4, 0.5) is 5.82 Å². The van der Waals surface area contributed by atoms with Gasteiger partial charge in [-0.2, -0.15) is 0 Å². The first-order valence-corrected chi connectivity index (χ1v) is 6.44. The Morgan fingerprint density at radius 2 is 2.16 bits per heavy atom. The molecule has 1 aromatic rings. The highest BCUT2D eigenvalue weighted by molar-refractivity contribution is 5.67. The Hall–Kier alpha value is -1.85. The van der Waals surface area contributed by atoms with Crippen molar-refractivity contribution in [2.24, 2.45) is 5.92 Å². The van der Waals surface area contributed by atoms with Crippen molar-refractivity contribution in [2.75, 3.05) is 25.1 Å². The van der Waals surface area contributed by atoms with E-state index >= 15 is 0 Å². The second-order valence-corrected chi connectivity index (χ2v) is 4.86. The summed E-state index contributed by atoms with van der Waals surface area (Å²) in [5.74, 6) is 1.05. The fraction of sp³-hybridized carbons (Fsp3) is 0.615. The van der Waals surface area contributed by atoms with E-state index in [1.807, 2.05) is 6.92 Å². The molecule has 0 radical (unpaired) electrons. The maximum Gasteiger partial charge on any atom is 0.303 e. The van der Waals surface area contributed by atoms with Gasteiger partial charge in [0.15, 0.2) is 0 Å². The maximum atomic E-state index is 10.7. The number of piperidine rings is 1. The SMILES string of the molecule is COc1ncnc(N2CCC(CC(=O)O)CC2)c1C. The fourth-order valence-corrected chi connectivity index (χ4v) is 2.55. The number of rotatable bonds is 4. The van der Waals surface area contributed by atoms with Gasteiger partial charge in [0.05, 0.1) is 12.7 Å². The third kappa shape index (κ3) is 3.13. The molecule has 1 aliphatic rings. The number of carbonyl (C=O) groups is 1. The van der Waals surface area contributed by atoms with Gasteiger partial charge in [-0.15, -0.1) is 0 Å². The molecular weight excluding hydrogens is 246 g/mol. The van der Waals surface area contributed by atoms with E-state index in [1.165, 1.54) is 6.33 Å². The van der Waals surface area contributed by atoms with Gasteiger partial charge in [-0.25, -0.2) is 9.97 Å². The molecule has 6 heteroatoms. The van der Waals surface area contributed by atoms with Gasteiger partial charge in [0.25, 0.3) is 0 Å². The minimum absolute atomic E-state index is 0.264. The highest BCUT2D eigenvalue weighted by Gasteiger charge is 2.23. The van der Waals surface area contributed by atoms with Crippen molar-refractivity contribution in [3.05, 3.63) is 11.9 Å². The van der Waals surface area contributed by atoms with E-state index in [1.54, 1.807) is 7.11 Å². The topological polar surface area (TPSA) is 75.6 Å². The van der Waals surface area contributed by atoms with Crippen molar-refractivity contribution in [3.8, 4) is 5.88 Å². The van der Waals surface area contributed by atoms with Crippen LogP contribution in [0.1, 0.15) is 24.8 Å². The fourth-order valence-electron chi connectivity index (χ4n) is 2.55. The number of aromatic nitrogens is 2. The zero-order valence-corrected chi connectivity index (χ0v) is 11.3. The standard InChI is InChI=1S/C13H19N3O3/c1-9-12(14-8-15-13(9)19-2)16-5-3-10(4-6-16)7-11(17)18/h8,10H,3-7H2,1-2H3,(H,17,18). The Morgan fingerprint density at radius 1 is 1.47 bits per heavy atom. The number of carboxylic acid groups (broad SMARTS) is 1. The molecule has 0 bridgehead atoms. The first-order valence-electron chi connectivity index (χ1n) is 6.44. The molecule has 2 heterocycles. The maximum absolute atomic E-state index is 10.7. The number of aliphatic carboxylic acids is 1. The number of methoxy groups -OCH3 is 1. The number of anilines is 1. The van der Waals surface area contributed by atoms with Crippen LogP contribution in [0.2, 0.25) is 0 Å². The largest absolute Gasteiger partial charge is 0.481 e. The zero-order valence-electron chi connectivity index (χ0n) is 11.3. The summed E-state index contributed by atoms with van der Waals surface area (Å²) in [7, 11) is 1.60. The molecule has 0 spiro atoms. The average molecular weight is 265 g/mol.